The van der Waals surface area contributed by atoms with E-state index in [1.807, 2.05) is 0 Å². The molecule has 3 N–H and O–H groups in total. The van der Waals surface area contributed by atoms with Gasteiger partial charge in [-0.15, -0.1) is 0 Å². The highest BCUT2D eigenvalue weighted by Gasteiger charge is 2.03. The third-order valence-corrected chi connectivity index (χ3v) is 1.94. The van der Waals surface area contributed by atoms with E-state index in [-0.39, 0.29) is 11.6 Å². The third kappa shape index (κ3) is 3.56. The van der Waals surface area contributed by atoms with E-state index in [9.17, 15) is 9.59 Å². The van der Waals surface area contributed by atoms with Crippen molar-refractivity contribution in [2.45, 2.75) is 6.42 Å². The van der Waals surface area contributed by atoms with Crippen LogP contribution in [-0.2, 0) is 4.79 Å². The monoisotopic (exact) mass is 223 g/mol. The number of anilines is 1. The van der Waals surface area contributed by atoms with Crippen molar-refractivity contribution in [1.82, 2.24) is 10.3 Å². The van der Waals surface area contributed by atoms with Crippen LogP contribution in [0.15, 0.2) is 18.3 Å². The summed E-state index contributed by atoms with van der Waals surface area (Å²) in [6, 6.07) is 3.02. The molecule has 0 aliphatic carbocycles. The van der Waals surface area contributed by atoms with Crippen molar-refractivity contribution in [2.75, 3.05) is 18.9 Å². The van der Waals surface area contributed by atoms with Crippen LogP contribution in [0.3, 0.4) is 0 Å². The standard InChI is InChI=1S/C10H13N3O3/c1-11-9(14)4-5-12-7-2-3-8(10(15)16)13-6-7/h2-3,6,12H,4-5H2,1H3,(H,11,14)(H,15,16). The Hall–Kier alpha value is -2.11. The molecule has 0 atom stereocenters. The van der Waals surface area contributed by atoms with Crippen LogP contribution in [0.4, 0.5) is 5.69 Å². The Morgan fingerprint density at radius 1 is 1.44 bits per heavy atom. The number of pyridine rings is 1. The lowest BCUT2D eigenvalue weighted by molar-refractivity contribution is -0.120. The molecule has 0 spiro atoms. The van der Waals surface area contributed by atoms with Gasteiger partial charge in [0.2, 0.25) is 5.91 Å². The fourth-order valence-corrected chi connectivity index (χ4v) is 1.07. The Labute approximate surface area is 92.7 Å². The molecule has 1 aromatic heterocycles. The van der Waals surface area contributed by atoms with Crippen molar-refractivity contribution in [3.8, 4) is 0 Å². The molecule has 0 aliphatic heterocycles. The molecule has 0 bridgehead atoms. The van der Waals surface area contributed by atoms with Crippen molar-refractivity contribution in [2.24, 2.45) is 0 Å². The van der Waals surface area contributed by atoms with Gasteiger partial charge in [-0.25, -0.2) is 9.78 Å². The van der Waals surface area contributed by atoms with Gasteiger partial charge in [0.05, 0.1) is 11.9 Å². The summed E-state index contributed by atoms with van der Waals surface area (Å²) in [5, 5.41) is 14.1. The number of nitrogens with one attached hydrogen (secondary N) is 2. The second kappa shape index (κ2) is 5.69. The number of carboxylic acid groups (broad SMARTS) is 1. The van der Waals surface area contributed by atoms with Gasteiger partial charge in [0.25, 0.3) is 0 Å². The van der Waals surface area contributed by atoms with Crippen LogP contribution < -0.4 is 10.6 Å². The van der Waals surface area contributed by atoms with E-state index in [2.05, 4.69) is 15.6 Å². The molecule has 0 fully saturated rings. The molecule has 1 amide bonds. The van der Waals surface area contributed by atoms with Gasteiger partial charge in [-0.3, -0.25) is 4.79 Å². The molecule has 0 saturated carbocycles. The van der Waals surface area contributed by atoms with E-state index in [1.54, 1.807) is 13.1 Å². The zero-order chi connectivity index (χ0) is 12.0. The zero-order valence-corrected chi connectivity index (χ0v) is 8.86. The highest BCUT2D eigenvalue weighted by molar-refractivity contribution is 5.85. The van der Waals surface area contributed by atoms with E-state index in [4.69, 9.17) is 5.11 Å². The molecule has 6 heteroatoms. The summed E-state index contributed by atoms with van der Waals surface area (Å²) in [6.07, 6.45) is 1.78. The van der Waals surface area contributed by atoms with Crippen LogP contribution in [0.2, 0.25) is 0 Å². The molecule has 1 heterocycles. The van der Waals surface area contributed by atoms with Gasteiger partial charge in [0.15, 0.2) is 0 Å². The summed E-state index contributed by atoms with van der Waals surface area (Å²) in [5.41, 5.74) is 0.686. The van der Waals surface area contributed by atoms with Crippen molar-refractivity contribution in [1.29, 1.82) is 0 Å². The molecular formula is C10H13N3O3. The van der Waals surface area contributed by atoms with Gasteiger partial charge < -0.3 is 15.7 Å². The van der Waals surface area contributed by atoms with Gasteiger partial charge in [-0.05, 0) is 12.1 Å². The fraction of sp³-hybridized carbons (Fsp3) is 0.300. The maximum absolute atomic E-state index is 10.9. The molecule has 1 aromatic rings. The first-order valence-electron chi connectivity index (χ1n) is 4.77. The lowest BCUT2D eigenvalue weighted by atomic mass is 10.3. The minimum absolute atomic E-state index is 0.00292. The minimum atomic E-state index is -1.06. The topological polar surface area (TPSA) is 91.3 Å². The maximum atomic E-state index is 10.9. The van der Waals surface area contributed by atoms with Gasteiger partial charge >= 0.3 is 5.97 Å². The average molecular weight is 223 g/mol. The normalized spacial score (nSPS) is 9.56. The van der Waals surface area contributed by atoms with Crippen LogP contribution in [0.1, 0.15) is 16.9 Å². The number of aromatic nitrogens is 1. The Kier molecular flexibility index (Phi) is 4.26. The summed E-state index contributed by atoms with van der Waals surface area (Å²) in [4.78, 5) is 25.2. The smallest absolute Gasteiger partial charge is 0.354 e. The summed E-state index contributed by atoms with van der Waals surface area (Å²) in [7, 11) is 1.57. The SMILES string of the molecule is CNC(=O)CCNc1ccc(C(=O)O)nc1. The van der Waals surface area contributed by atoms with E-state index in [0.29, 0.717) is 18.7 Å². The van der Waals surface area contributed by atoms with Crippen molar-refractivity contribution >= 4 is 17.6 Å². The fourth-order valence-electron chi connectivity index (χ4n) is 1.07. The molecule has 6 nitrogen and oxygen atoms in total. The van der Waals surface area contributed by atoms with Crippen molar-refractivity contribution in [3.63, 3.8) is 0 Å². The van der Waals surface area contributed by atoms with Gasteiger partial charge in [0, 0.05) is 20.0 Å². The second-order valence-electron chi connectivity index (χ2n) is 3.09. The zero-order valence-electron chi connectivity index (χ0n) is 8.86. The second-order valence-corrected chi connectivity index (χ2v) is 3.09. The van der Waals surface area contributed by atoms with Crippen LogP contribution in [0, 0.1) is 0 Å². The number of aromatic carboxylic acids is 1. The largest absolute Gasteiger partial charge is 0.477 e. The predicted octanol–water partition coefficient (Wildman–Crippen LogP) is 0.328. The Morgan fingerprint density at radius 3 is 2.69 bits per heavy atom. The van der Waals surface area contributed by atoms with Crippen LogP contribution >= 0.6 is 0 Å². The summed E-state index contributed by atoms with van der Waals surface area (Å²) >= 11 is 0. The minimum Gasteiger partial charge on any atom is -0.477 e. The lowest BCUT2D eigenvalue weighted by Crippen LogP contribution is -2.20. The molecule has 0 saturated heterocycles. The van der Waals surface area contributed by atoms with Gasteiger partial charge in [0.1, 0.15) is 5.69 Å². The van der Waals surface area contributed by atoms with Crippen LogP contribution in [0.25, 0.3) is 0 Å². The Morgan fingerprint density at radius 2 is 2.19 bits per heavy atom. The highest BCUT2D eigenvalue weighted by Crippen LogP contribution is 2.05. The van der Waals surface area contributed by atoms with Crippen molar-refractivity contribution in [3.05, 3.63) is 24.0 Å². The number of carboxylic acids is 1. The summed E-state index contributed by atoms with van der Waals surface area (Å²) in [6.45, 7) is 0.480. The summed E-state index contributed by atoms with van der Waals surface area (Å²) < 4.78 is 0. The van der Waals surface area contributed by atoms with Crippen LogP contribution in [0.5, 0.6) is 0 Å². The lowest BCUT2D eigenvalue weighted by Gasteiger charge is -2.05. The first-order valence-corrected chi connectivity index (χ1v) is 4.77. The molecule has 16 heavy (non-hydrogen) atoms. The Bertz CT molecular complexity index is 375. The molecule has 0 aliphatic rings. The van der Waals surface area contributed by atoms with Crippen LogP contribution in [-0.4, -0.2) is 35.6 Å². The first-order chi connectivity index (χ1) is 7.63. The van der Waals surface area contributed by atoms with E-state index in [1.165, 1.54) is 12.3 Å². The number of carbonyl (C=O) groups is 2. The van der Waals surface area contributed by atoms with E-state index in [0.717, 1.165) is 0 Å². The first kappa shape index (κ1) is 12.0. The number of hydrogen-bond donors (Lipinski definition) is 3. The molecular weight excluding hydrogens is 210 g/mol. The van der Waals surface area contributed by atoms with Gasteiger partial charge in [-0.2, -0.15) is 0 Å². The van der Waals surface area contributed by atoms with Gasteiger partial charge in [-0.1, -0.05) is 0 Å². The average Bonchev–Trinajstić information content (AvgIpc) is 2.29. The molecule has 1 rings (SSSR count). The molecule has 0 unspecified atom stereocenters. The number of hydrogen-bond acceptors (Lipinski definition) is 4. The van der Waals surface area contributed by atoms with E-state index >= 15 is 0 Å². The summed E-state index contributed by atoms with van der Waals surface area (Å²) in [5.74, 6) is -1.11. The highest BCUT2D eigenvalue weighted by atomic mass is 16.4. The van der Waals surface area contributed by atoms with Crippen molar-refractivity contribution < 1.29 is 14.7 Å². The predicted molar refractivity (Wildman–Crippen MR) is 58.4 cm³/mol. The van der Waals surface area contributed by atoms with E-state index < -0.39 is 5.97 Å². The molecule has 0 radical (unpaired) electrons. The maximum Gasteiger partial charge on any atom is 0.354 e. The number of amides is 1. The number of carbonyl (C=O) groups excluding carboxylic acids is 1. The molecule has 86 valence electrons. The third-order valence-electron chi connectivity index (χ3n) is 1.94. The quantitative estimate of drug-likeness (QED) is 0.669. The Balaban J connectivity index is 2.43. The molecule has 0 aromatic carbocycles. The number of nitrogens with zero attached hydrogens (tertiary/aromatic N) is 1. The number of rotatable bonds is 5.